The van der Waals surface area contributed by atoms with Crippen LogP contribution in [0.5, 0.6) is 5.75 Å². The van der Waals surface area contributed by atoms with Crippen molar-refractivity contribution in [2.24, 2.45) is 11.3 Å². The second-order valence-corrected chi connectivity index (χ2v) is 16.9. The minimum Gasteiger partial charge on any atom is -0.497 e. The van der Waals surface area contributed by atoms with E-state index in [1.807, 2.05) is 0 Å². The summed E-state index contributed by atoms with van der Waals surface area (Å²) >= 11 is 0. The Hall–Kier alpha value is -5.32. The third-order valence-electron chi connectivity index (χ3n) is 10.3. The monoisotopic (exact) mass is 762 g/mol. The average Bonchev–Trinajstić information content (AvgIpc) is 3.40. The third-order valence-corrected chi connectivity index (χ3v) is 11.6. The van der Waals surface area contributed by atoms with Gasteiger partial charge in [0.25, 0.3) is 15.9 Å². The van der Waals surface area contributed by atoms with Crippen LogP contribution in [0.2, 0.25) is 0 Å². The van der Waals surface area contributed by atoms with Crippen LogP contribution in [0.25, 0.3) is 11.4 Å². The maximum Gasteiger partial charge on any atom is 0.408 e. The van der Waals surface area contributed by atoms with E-state index in [1.165, 1.54) is 27.9 Å². The van der Waals surface area contributed by atoms with Crippen molar-refractivity contribution in [1.29, 1.82) is 0 Å². The zero-order chi connectivity index (χ0) is 39.0. The van der Waals surface area contributed by atoms with Crippen molar-refractivity contribution in [2.75, 3.05) is 13.7 Å². The molecule has 2 saturated carbocycles. The van der Waals surface area contributed by atoms with Gasteiger partial charge in [0.2, 0.25) is 17.6 Å². The fourth-order valence-corrected chi connectivity index (χ4v) is 7.68. The first-order valence-electron chi connectivity index (χ1n) is 17.8. The van der Waals surface area contributed by atoms with E-state index in [2.05, 4.69) is 37.3 Å². The Labute approximate surface area is 314 Å². The lowest BCUT2D eigenvalue weighted by Gasteiger charge is -2.36. The predicted molar refractivity (Wildman–Crippen MR) is 195 cm³/mol. The Kier molecular flexibility index (Phi) is 10.6. The molecule has 16 nitrogen and oxygen atoms in total. The molecule has 2 aliphatic carbocycles. The molecule has 1 aromatic heterocycles. The largest absolute Gasteiger partial charge is 0.497 e. The van der Waals surface area contributed by atoms with E-state index in [0.29, 0.717) is 17.1 Å². The molecule has 3 aromatic rings. The lowest BCUT2D eigenvalue weighted by Crippen LogP contribution is -2.60. The first-order chi connectivity index (χ1) is 25.5. The minimum atomic E-state index is -4.28. The number of sulfonamides is 1. The first kappa shape index (κ1) is 38.4. The highest BCUT2D eigenvalue weighted by atomic mass is 32.2. The highest BCUT2D eigenvalue weighted by molar-refractivity contribution is 7.90. The van der Waals surface area contributed by atoms with Crippen LogP contribution in [-0.2, 0) is 29.1 Å². The zero-order valence-corrected chi connectivity index (χ0v) is 31.8. The van der Waals surface area contributed by atoms with Gasteiger partial charge in [0, 0.05) is 24.4 Å². The van der Waals surface area contributed by atoms with Crippen LogP contribution in [0.3, 0.4) is 0 Å². The molecule has 0 unspecified atom stereocenters. The number of nitrogens with one attached hydrogen (secondary N) is 3. The molecule has 1 aliphatic heterocycles. The number of alkyl carbamates (subject to hydrolysis) is 1. The Balaban J connectivity index is 1.27. The number of aryl methyl sites for hydroxylation is 1. The quantitative estimate of drug-likeness (QED) is 0.229. The van der Waals surface area contributed by atoms with Crippen LogP contribution in [0, 0.1) is 18.3 Å². The molecule has 0 spiro atoms. The molecule has 3 N–H and O–H groups in total. The van der Waals surface area contributed by atoms with Crippen molar-refractivity contribution in [3.05, 3.63) is 66.7 Å². The first-order valence-corrected chi connectivity index (χ1v) is 19.3. The maximum absolute atomic E-state index is 14.5. The van der Waals surface area contributed by atoms with Crippen molar-refractivity contribution in [3.63, 3.8) is 0 Å². The Morgan fingerprint density at radius 1 is 1.06 bits per heavy atom. The summed E-state index contributed by atoms with van der Waals surface area (Å²) in [6.45, 7) is 10.9. The van der Waals surface area contributed by atoms with Crippen LogP contribution in [-0.4, -0.2) is 94.7 Å². The molecule has 288 valence electrons. The molecule has 4 amide bonds. The fourth-order valence-electron chi connectivity index (χ4n) is 6.64. The molecule has 0 bridgehead atoms. The van der Waals surface area contributed by atoms with Gasteiger partial charge in [-0.05, 0) is 79.6 Å². The molecule has 2 heterocycles. The van der Waals surface area contributed by atoms with Gasteiger partial charge in [0.1, 0.15) is 29.5 Å². The van der Waals surface area contributed by atoms with Gasteiger partial charge in [-0.2, -0.15) is 4.80 Å². The predicted octanol–water partition coefficient (Wildman–Crippen LogP) is 3.06. The lowest BCUT2D eigenvalue weighted by molar-refractivity contribution is -0.142. The SMILES string of the molecule is C=C[C@@H]1C[C@]1(NC(=O)[C@@H]1C[C@@H](n2nnc(-c3ccc(OC)cc3)n2)CN1C(=O)[C@@H](NC(=O)OC1CCC1)C(C)(C)C)C(=O)NS(=O)(=O)c1ccc(C)cc1. The summed E-state index contributed by atoms with van der Waals surface area (Å²) < 4.78 is 39.3. The molecule has 3 aliphatic rings. The second kappa shape index (κ2) is 14.8. The number of carbonyl (C=O) groups is 4. The molecule has 3 fully saturated rings. The number of carbonyl (C=O) groups excluding carboxylic acids is 4. The molecular weight excluding hydrogens is 717 g/mol. The molecule has 6 rings (SSSR count). The zero-order valence-electron chi connectivity index (χ0n) is 30.9. The van der Waals surface area contributed by atoms with E-state index >= 15 is 0 Å². The molecule has 2 aromatic carbocycles. The number of methoxy groups -OCH3 is 1. The molecule has 0 radical (unpaired) electrons. The van der Waals surface area contributed by atoms with E-state index in [9.17, 15) is 27.6 Å². The highest BCUT2D eigenvalue weighted by Crippen LogP contribution is 2.45. The topological polar surface area (TPSA) is 204 Å². The van der Waals surface area contributed by atoms with Crippen molar-refractivity contribution < 1.29 is 37.1 Å². The van der Waals surface area contributed by atoms with E-state index in [-0.39, 0.29) is 30.4 Å². The highest BCUT2D eigenvalue weighted by Gasteiger charge is 2.61. The van der Waals surface area contributed by atoms with Gasteiger partial charge < -0.3 is 25.0 Å². The number of nitrogens with zero attached hydrogens (tertiary/aromatic N) is 5. The van der Waals surface area contributed by atoms with Crippen molar-refractivity contribution in [2.45, 2.75) is 94.5 Å². The number of amides is 4. The molecular formula is C37H46N8O8S. The Bertz CT molecular complexity index is 2020. The van der Waals surface area contributed by atoms with Gasteiger partial charge in [-0.25, -0.2) is 17.9 Å². The standard InChI is InChI=1S/C37H46N8O8S/c1-7-24-20-37(24,34(48)42-54(50,51)28-17-11-22(2)12-18-28)39-32(46)29-19-25(45-41-31(40-43-45)23-13-15-26(52-6)16-14-23)21-44(29)33(47)30(36(3,4)5)38-35(49)53-27-9-8-10-27/h7,11-18,24-25,27,29-30H,1,8-10,19-21H2,2-6H3,(H,38,49)(H,39,46)(H,42,48)/t24-,25-,29+,30-,37-/m1/s1. The molecule has 54 heavy (non-hydrogen) atoms. The normalized spacial score (nSPS) is 23.1. The van der Waals surface area contributed by atoms with Crippen LogP contribution < -0.4 is 20.1 Å². The number of hydrogen-bond acceptors (Lipinski definition) is 11. The van der Waals surface area contributed by atoms with Crippen molar-refractivity contribution in [1.82, 2.24) is 40.5 Å². The fraction of sp³-hybridized carbons (Fsp3) is 0.486. The third kappa shape index (κ3) is 7.95. The molecule has 17 heteroatoms. The summed E-state index contributed by atoms with van der Waals surface area (Å²) in [7, 11) is -2.72. The van der Waals surface area contributed by atoms with Gasteiger partial charge in [-0.3, -0.25) is 14.4 Å². The van der Waals surface area contributed by atoms with Crippen LogP contribution in [0.4, 0.5) is 4.79 Å². The van der Waals surface area contributed by atoms with E-state index < -0.39 is 68.8 Å². The number of benzene rings is 2. The molecule has 5 atom stereocenters. The van der Waals surface area contributed by atoms with Crippen LogP contribution >= 0.6 is 0 Å². The van der Waals surface area contributed by atoms with Crippen molar-refractivity contribution >= 4 is 33.8 Å². The van der Waals surface area contributed by atoms with Gasteiger partial charge in [-0.15, -0.1) is 16.8 Å². The van der Waals surface area contributed by atoms with Gasteiger partial charge in [0.15, 0.2) is 0 Å². The second-order valence-electron chi connectivity index (χ2n) is 15.2. The van der Waals surface area contributed by atoms with Gasteiger partial charge in [-0.1, -0.05) is 44.5 Å². The van der Waals surface area contributed by atoms with Gasteiger partial charge in [0.05, 0.1) is 18.0 Å². The number of hydrogen-bond donors (Lipinski definition) is 3. The Morgan fingerprint density at radius 2 is 1.74 bits per heavy atom. The minimum absolute atomic E-state index is 0.0253. The summed E-state index contributed by atoms with van der Waals surface area (Å²) in [5, 5.41) is 18.5. The van der Waals surface area contributed by atoms with E-state index in [0.717, 1.165) is 24.8 Å². The summed E-state index contributed by atoms with van der Waals surface area (Å²) in [4.78, 5) is 58.1. The van der Waals surface area contributed by atoms with Crippen LogP contribution in [0.15, 0.2) is 66.1 Å². The lowest BCUT2D eigenvalue weighted by atomic mass is 9.85. The smallest absolute Gasteiger partial charge is 0.408 e. The summed E-state index contributed by atoms with van der Waals surface area (Å²) in [6.07, 6.45) is 3.08. The summed E-state index contributed by atoms with van der Waals surface area (Å²) in [5.41, 5.74) is -0.936. The summed E-state index contributed by atoms with van der Waals surface area (Å²) in [5.74, 6) is -1.79. The number of aromatic nitrogens is 4. The number of rotatable bonds is 12. The van der Waals surface area contributed by atoms with Crippen molar-refractivity contribution in [3.8, 4) is 17.1 Å². The van der Waals surface area contributed by atoms with E-state index in [4.69, 9.17) is 9.47 Å². The summed E-state index contributed by atoms with van der Waals surface area (Å²) in [6, 6.07) is 10.2. The molecule has 1 saturated heterocycles. The Morgan fingerprint density at radius 3 is 2.31 bits per heavy atom. The van der Waals surface area contributed by atoms with Gasteiger partial charge >= 0.3 is 6.09 Å². The van der Waals surface area contributed by atoms with E-state index in [1.54, 1.807) is 71.2 Å². The number of ether oxygens (including phenoxy) is 2. The maximum atomic E-state index is 14.5. The number of likely N-dealkylation sites (tertiary alicyclic amines) is 1. The number of tetrazole rings is 1. The van der Waals surface area contributed by atoms with Crippen LogP contribution in [0.1, 0.15) is 64.5 Å². The average molecular weight is 763 g/mol.